The second kappa shape index (κ2) is 10.1. The van der Waals surface area contributed by atoms with E-state index in [2.05, 4.69) is 13.8 Å². The average Bonchev–Trinajstić information content (AvgIpc) is 2.44. The zero-order valence-corrected chi connectivity index (χ0v) is 13.0. The van der Waals surface area contributed by atoms with Gasteiger partial charge in [0.1, 0.15) is 5.75 Å². The Morgan fingerprint density at radius 3 is 2.37 bits per heavy atom. The SMILES string of the molecule is CC[NH+](CC)CCCCCCOc1ccccc1Cl. The van der Waals surface area contributed by atoms with Gasteiger partial charge in [0.2, 0.25) is 0 Å². The maximum Gasteiger partial charge on any atom is 0.137 e. The number of unbranched alkanes of at least 4 members (excludes halogenated alkanes) is 3. The molecular formula is C16H27ClNO+. The number of para-hydroxylation sites is 1. The first-order valence-corrected chi connectivity index (χ1v) is 7.86. The average molecular weight is 285 g/mol. The number of rotatable bonds is 10. The lowest BCUT2D eigenvalue weighted by atomic mass is 10.2. The van der Waals surface area contributed by atoms with Crippen molar-refractivity contribution in [3.8, 4) is 5.75 Å². The molecule has 0 heterocycles. The molecule has 0 radical (unpaired) electrons. The van der Waals surface area contributed by atoms with Crippen LogP contribution in [0, 0.1) is 0 Å². The minimum absolute atomic E-state index is 0.702. The summed E-state index contributed by atoms with van der Waals surface area (Å²) in [5, 5.41) is 0.702. The molecule has 1 N–H and O–H groups in total. The Balaban J connectivity index is 2.01. The normalized spacial score (nSPS) is 10.9. The molecule has 1 rings (SSSR count). The van der Waals surface area contributed by atoms with Crippen LogP contribution >= 0.6 is 11.6 Å². The van der Waals surface area contributed by atoms with E-state index in [1.165, 1.54) is 38.9 Å². The van der Waals surface area contributed by atoms with Gasteiger partial charge in [-0.1, -0.05) is 23.7 Å². The molecule has 0 aliphatic carbocycles. The van der Waals surface area contributed by atoms with E-state index in [-0.39, 0.29) is 0 Å². The molecule has 0 aromatic heterocycles. The van der Waals surface area contributed by atoms with Crippen LogP contribution in [0.25, 0.3) is 0 Å². The monoisotopic (exact) mass is 284 g/mol. The Kier molecular flexibility index (Phi) is 8.68. The second-order valence-electron chi connectivity index (χ2n) is 4.90. The van der Waals surface area contributed by atoms with Crippen LogP contribution in [-0.4, -0.2) is 26.2 Å². The molecule has 0 spiro atoms. The lowest BCUT2D eigenvalue weighted by Gasteiger charge is -2.14. The first kappa shape index (κ1) is 16.3. The number of benzene rings is 1. The Hall–Kier alpha value is -0.730. The maximum atomic E-state index is 6.03. The van der Waals surface area contributed by atoms with E-state index in [0.717, 1.165) is 18.8 Å². The van der Waals surface area contributed by atoms with Gasteiger partial charge in [-0.05, 0) is 51.7 Å². The van der Waals surface area contributed by atoms with Gasteiger partial charge in [0.15, 0.2) is 0 Å². The molecule has 0 fully saturated rings. The van der Waals surface area contributed by atoms with Gasteiger partial charge >= 0.3 is 0 Å². The van der Waals surface area contributed by atoms with Crippen LogP contribution in [0.4, 0.5) is 0 Å². The molecule has 0 saturated heterocycles. The van der Waals surface area contributed by atoms with Crippen molar-refractivity contribution >= 4 is 11.6 Å². The fourth-order valence-corrected chi connectivity index (χ4v) is 2.37. The molecule has 0 aliphatic rings. The zero-order valence-electron chi connectivity index (χ0n) is 12.3. The highest BCUT2D eigenvalue weighted by molar-refractivity contribution is 6.32. The van der Waals surface area contributed by atoms with Gasteiger partial charge in [0.05, 0.1) is 31.3 Å². The van der Waals surface area contributed by atoms with Crippen LogP contribution in [0.15, 0.2) is 24.3 Å². The molecule has 0 saturated carbocycles. The fourth-order valence-electron chi connectivity index (χ4n) is 2.18. The largest absolute Gasteiger partial charge is 0.492 e. The summed E-state index contributed by atoms with van der Waals surface area (Å²) in [6.45, 7) is 9.07. The van der Waals surface area contributed by atoms with Gasteiger partial charge in [-0.15, -0.1) is 0 Å². The quantitative estimate of drug-likeness (QED) is 0.652. The summed E-state index contributed by atoms with van der Waals surface area (Å²) < 4.78 is 5.67. The summed E-state index contributed by atoms with van der Waals surface area (Å²) in [7, 11) is 0. The van der Waals surface area contributed by atoms with E-state index in [0.29, 0.717) is 5.02 Å². The van der Waals surface area contributed by atoms with Crippen LogP contribution in [-0.2, 0) is 0 Å². The van der Waals surface area contributed by atoms with Crippen LogP contribution in [0.2, 0.25) is 5.02 Å². The first-order chi connectivity index (χ1) is 9.27. The van der Waals surface area contributed by atoms with Crippen molar-refractivity contribution in [2.75, 3.05) is 26.2 Å². The van der Waals surface area contributed by atoms with Crippen LogP contribution < -0.4 is 9.64 Å². The summed E-state index contributed by atoms with van der Waals surface area (Å²) in [5.74, 6) is 0.803. The highest BCUT2D eigenvalue weighted by Gasteiger charge is 2.02. The smallest absolute Gasteiger partial charge is 0.137 e. The van der Waals surface area contributed by atoms with Crippen molar-refractivity contribution in [2.45, 2.75) is 39.5 Å². The van der Waals surface area contributed by atoms with Crippen LogP contribution in [0.5, 0.6) is 5.75 Å². The van der Waals surface area contributed by atoms with Gasteiger partial charge < -0.3 is 9.64 Å². The molecule has 0 atom stereocenters. The minimum atomic E-state index is 0.702. The third-order valence-electron chi connectivity index (χ3n) is 3.52. The molecule has 108 valence electrons. The first-order valence-electron chi connectivity index (χ1n) is 7.48. The van der Waals surface area contributed by atoms with Crippen molar-refractivity contribution in [1.82, 2.24) is 0 Å². The molecule has 1 aromatic rings. The number of ether oxygens (including phenoxy) is 1. The predicted molar refractivity (Wildman–Crippen MR) is 82.3 cm³/mol. The van der Waals surface area contributed by atoms with Crippen LogP contribution in [0.3, 0.4) is 0 Å². The minimum Gasteiger partial charge on any atom is -0.492 e. The van der Waals surface area contributed by atoms with Gasteiger partial charge in [0, 0.05) is 0 Å². The molecule has 3 heteroatoms. The summed E-state index contributed by atoms with van der Waals surface area (Å²) in [6, 6.07) is 7.66. The Morgan fingerprint density at radius 2 is 1.68 bits per heavy atom. The standard InChI is InChI=1S/C16H26ClNO/c1-3-18(4-2)13-9-5-6-10-14-19-16-12-8-7-11-15(16)17/h7-8,11-12H,3-6,9-10,13-14H2,1-2H3/p+1. The Morgan fingerprint density at radius 1 is 1.00 bits per heavy atom. The summed E-state index contributed by atoms with van der Waals surface area (Å²) in [4.78, 5) is 1.70. The van der Waals surface area contributed by atoms with Gasteiger partial charge in [-0.2, -0.15) is 0 Å². The Labute approximate surface area is 122 Å². The third kappa shape index (κ3) is 6.84. The van der Waals surface area contributed by atoms with Crippen molar-refractivity contribution in [2.24, 2.45) is 0 Å². The van der Waals surface area contributed by atoms with E-state index in [9.17, 15) is 0 Å². The third-order valence-corrected chi connectivity index (χ3v) is 3.83. The van der Waals surface area contributed by atoms with Crippen molar-refractivity contribution in [1.29, 1.82) is 0 Å². The van der Waals surface area contributed by atoms with E-state index in [1.807, 2.05) is 24.3 Å². The van der Waals surface area contributed by atoms with Gasteiger partial charge in [-0.3, -0.25) is 0 Å². The van der Waals surface area contributed by atoms with Crippen LogP contribution in [0.1, 0.15) is 39.5 Å². The molecule has 0 unspecified atom stereocenters. The fraction of sp³-hybridized carbons (Fsp3) is 0.625. The predicted octanol–water partition coefficient (Wildman–Crippen LogP) is 3.20. The number of hydrogen-bond donors (Lipinski definition) is 1. The molecule has 0 amide bonds. The van der Waals surface area contributed by atoms with Crippen molar-refractivity contribution < 1.29 is 9.64 Å². The van der Waals surface area contributed by atoms with E-state index in [4.69, 9.17) is 16.3 Å². The second-order valence-corrected chi connectivity index (χ2v) is 5.31. The number of nitrogens with one attached hydrogen (secondary N) is 1. The van der Waals surface area contributed by atoms with E-state index in [1.54, 1.807) is 4.90 Å². The zero-order chi connectivity index (χ0) is 13.9. The summed E-state index contributed by atoms with van der Waals surface area (Å²) in [6.07, 6.45) is 4.97. The molecule has 2 nitrogen and oxygen atoms in total. The summed E-state index contributed by atoms with van der Waals surface area (Å²) >= 11 is 6.03. The molecule has 0 aliphatic heterocycles. The Bertz CT molecular complexity index is 339. The van der Waals surface area contributed by atoms with Gasteiger partial charge in [0.25, 0.3) is 0 Å². The van der Waals surface area contributed by atoms with E-state index < -0.39 is 0 Å². The number of quaternary nitrogens is 1. The van der Waals surface area contributed by atoms with Gasteiger partial charge in [-0.25, -0.2) is 0 Å². The van der Waals surface area contributed by atoms with E-state index >= 15 is 0 Å². The lowest BCUT2D eigenvalue weighted by molar-refractivity contribution is -0.896. The highest BCUT2D eigenvalue weighted by Crippen LogP contribution is 2.23. The maximum absolute atomic E-state index is 6.03. The topological polar surface area (TPSA) is 13.7 Å². The molecule has 1 aromatic carbocycles. The van der Waals surface area contributed by atoms with Crippen molar-refractivity contribution in [3.63, 3.8) is 0 Å². The highest BCUT2D eigenvalue weighted by atomic mass is 35.5. The number of halogens is 1. The summed E-state index contributed by atoms with van der Waals surface area (Å²) in [5.41, 5.74) is 0. The number of hydrogen-bond acceptors (Lipinski definition) is 1. The molecule has 0 bridgehead atoms. The lowest BCUT2D eigenvalue weighted by Crippen LogP contribution is -3.11. The molecular weight excluding hydrogens is 258 g/mol. The van der Waals surface area contributed by atoms with Crippen molar-refractivity contribution in [3.05, 3.63) is 29.3 Å². The molecule has 19 heavy (non-hydrogen) atoms.